The van der Waals surface area contributed by atoms with E-state index >= 15 is 0 Å². The molecule has 0 aliphatic carbocycles. The number of oxime groups is 1. The van der Waals surface area contributed by atoms with E-state index in [1.54, 1.807) is 6.07 Å². The molecule has 1 aromatic carbocycles. The molecule has 2 rings (SSSR count). The first-order chi connectivity index (χ1) is 9.44. The third-order valence-electron chi connectivity index (χ3n) is 3.63. The summed E-state index contributed by atoms with van der Waals surface area (Å²) < 4.78 is 18.8. The predicted octanol–water partition coefficient (Wildman–Crippen LogP) is 1.53. The van der Waals surface area contributed by atoms with Crippen LogP contribution in [0, 0.1) is 5.82 Å². The van der Waals surface area contributed by atoms with E-state index in [1.165, 1.54) is 12.1 Å². The molecule has 0 amide bonds. The van der Waals surface area contributed by atoms with Crippen LogP contribution in [0.25, 0.3) is 0 Å². The van der Waals surface area contributed by atoms with Gasteiger partial charge in [0, 0.05) is 24.2 Å². The molecule has 3 N–H and O–H groups in total. The lowest BCUT2D eigenvalue weighted by molar-refractivity contribution is -0.0553. The zero-order chi connectivity index (χ0) is 14.8. The number of amidine groups is 1. The lowest BCUT2D eigenvalue weighted by Gasteiger charge is -2.42. The first-order valence-corrected chi connectivity index (χ1v) is 6.53. The van der Waals surface area contributed by atoms with Gasteiger partial charge in [0.05, 0.1) is 13.2 Å². The Balaban J connectivity index is 2.29. The van der Waals surface area contributed by atoms with Gasteiger partial charge in [0.1, 0.15) is 5.82 Å². The molecule has 0 atom stereocenters. The minimum Gasteiger partial charge on any atom is -0.409 e. The molecule has 5 nitrogen and oxygen atoms in total. The van der Waals surface area contributed by atoms with Crippen LogP contribution in [-0.4, -0.2) is 41.2 Å². The number of hydrogen-bond acceptors (Lipinski definition) is 4. The second-order valence-corrected chi connectivity index (χ2v) is 5.57. The number of morpholine rings is 1. The highest BCUT2D eigenvalue weighted by molar-refractivity contribution is 5.98. The maximum Gasteiger partial charge on any atom is 0.170 e. The van der Waals surface area contributed by atoms with Gasteiger partial charge < -0.3 is 15.7 Å². The highest BCUT2D eigenvalue weighted by Gasteiger charge is 2.30. The van der Waals surface area contributed by atoms with Gasteiger partial charge >= 0.3 is 0 Å². The molecule has 0 aromatic heterocycles. The zero-order valence-electron chi connectivity index (χ0n) is 11.8. The number of nitrogens with zero attached hydrogens (tertiary/aromatic N) is 2. The van der Waals surface area contributed by atoms with Crippen LogP contribution in [0.1, 0.15) is 25.0 Å². The molecule has 1 aliphatic heterocycles. The zero-order valence-corrected chi connectivity index (χ0v) is 11.8. The summed E-state index contributed by atoms with van der Waals surface area (Å²) in [5, 5.41) is 11.8. The standard InChI is InChI=1S/C14H20FN3O2/c1-14(2)9-20-6-5-18(14)8-10-3-4-11(15)7-12(10)13(16)17-19/h3-4,7,19H,5-6,8-9H2,1-2H3,(H2,16,17). The molecule has 20 heavy (non-hydrogen) atoms. The van der Waals surface area contributed by atoms with E-state index in [2.05, 4.69) is 23.9 Å². The van der Waals surface area contributed by atoms with Gasteiger partial charge in [-0.3, -0.25) is 4.90 Å². The molecule has 1 heterocycles. The molecular formula is C14H20FN3O2. The van der Waals surface area contributed by atoms with Crippen molar-refractivity contribution in [1.29, 1.82) is 0 Å². The van der Waals surface area contributed by atoms with Crippen molar-refractivity contribution in [3.8, 4) is 0 Å². The average Bonchev–Trinajstić information content (AvgIpc) is 2.41. The Labute approximate surface area is 117 Å². The minimum atomic E-state index is -0.406. The largest absolute Gasteiger partial charge is 0.409 e. The first kappa shape index (κ1) is 14.7. The number of ether oxygens (including phenoxy) is 1. The number of benzene rings is 1. The van der Waals surface area contributed by atoms with Gasteiger partial charge in [0.25, 0.3) is 0 Å². The van der Waals surface area contributed by atoms with E-state index in [-0.39, 0.29) is 11.4 Å². The van der Waals surface area contributed by atoms with Gasteiger partial charge in [0.15, 0.2) is 5.84 Å². The van der Waals surface area contributed by atoms with Crippen molar-refractivity contribution in [2.45, 2.75) is 25.9 Å². The highest BCUT2D eigenvalue weighted by Crippen LogP contribution is 2.23. The van der Waals surface area contributed by atoms with E-state index in [9.17, 15) is 4.39 Å². The van der Waals surface area contributed by atoms with Crippen molar-refractivity contribution >= 4 is 5.84 Å². The summed E-state index contributed by atoms with van der Waals surface area (Å²) in [6.45, 7) is 6.90. The molecule has 0 radical (unpaired) electrons. The highest BCUT2D eigenvalue weighted by atomic mass is 19.1. The first-order valence-electron chi connectivity index (χ1n) is 6.53. The van der Waals surface area contributed by atoms with Crippen LogP contribution in [0.5, 0.6) is 0 Å². The fourth-order valence-electron chi connectivity index (χ4n) is 2.37. The number of rotatable bonds is 3. The SMILES string of the molecule is CC1(C)COCCN1Cc1ccc(F)cc1C(N)=NO. The predicted molar refractivity (Wildman–Crippen MR) is 74.2 cm³/mol. The van der Waals surface area contributed by atoms with Crippen LogP contribution in [0.15, 0.2) is 23.4 Å². The van der Waals surface area contributed by atoms with Crippen molar-refractivity contribution in [1.82, 2.24) is 4.90 Å². The molecular weight excluding hydrogens is 261 g/mol. The third kappa shape index (κ3) is 3.08. The number of halogens is 1. The van der Waals surface area contributed by atoms with E-state index in [0.29, 0.717) is 25.3 Å². The summed E-state index contributed by atoms with van der Waals surface area (Å²) in [6, 6.07) is 4.35. The summed E-state index contributed by atoms with van der Waals surface area (Å²) in [5.41, 5.74) is 6.78. The van der Waals surface area contributed by atoms with Crippen LogP contribution in [-0.2, 0) is 11.3 Å². The van der Waals surface area contributed by atoms with Crippen molar-refractivity contribution in [3.63, 3.8) is 0 Å². The minimum absolute atomic E-state index is 0.0782. The Hall–Kier alpha value is -1.66. The van der Waals surface area contributed by atoms with Crippen LogP contribution in [0.4, 0.5) is 4.39 Å². The average molecular weight is 281 g/mol. The second-order valence-electron chi connectivity index (χ2n) is 5.57. The summed E-state index contributed by atoms with van der Waals surface area (Å²) >= 11 is 0. The second kappa shape index (κ2) is 5.76. The Bertz CT molecular complexity index is 517. The smallest absolute Gasteiger partial charge is 0.170 e. The summed E-state index contributed by atoms with van der Waals surface area (Å²) in [6.07, 6.45) is 0. The Morgan fingerprint density at radius 1 is 1.55 bits per heavy atom. The van der Waals surface area contributed by atoms with Crippen molar-refractivity contribution in [2.24, 2.45) is 10.9 Å². The van der Waals surface area contributed by atoms with Crippen LogP contribution >= 0.6 is 0 Å². The maximum atomic E-state index is 13.3. The Morgan fingerprint density at radius 3 is 2.95 bits per heavy atom. The maximum absolute atomic E-state index is 13.3. The van der Waals surface area contributed by atoms with Crippen LogP contribution in [0.3, 0.4) is 0 Å². The fraction of sp³-hybridized carbons (Fsp3) is 0.500. The van der Waals surface area contributed by atoms with E-state index in [4.69, 9.17) is 15.7 Å². The van der Waals surface area contributed by atoms with Crippen molar-refractivity contribution in [3.05, 3.63) is 35.1 Å². The van der Waals surface area contributed by atoms with Crippen molar-refractivity contribution in [2.75, 3.05) is 19.8 Å². The van der Waals surface area contributed by atoms with Crippen LogP contribution in [0.2, 0.25) is 0 Å². The van der Waals surface area contributed by atoms with Gasteiger partial charge in [-0.1, -0.05) is 11.2 Å². The van der Waals surface area contributed by atoms with Gasteiger partial charge in [-0.2, -0.15) is 0 Å². The molecule has 1 fully saturated rings. The Kier molecular flexibility index (Phi) is 4.25. The van der Waals surface area contributed by atoms with E-state index in [0.717, 1.165) is 12.1 Å². The van der Waals surface area contributed by atoms with Gasteiger partial charge in [-0.25, -0.2) is 4.39 Å². The Morgan fingerprint density at radius 2 is 2.30 bits per heavy atom. The molecule has 0 unspecified atom stereocenters. The lowest BCUT2D eigenvalue weighted by atomic mass is 9.99. The molecule has 0 bridgehead atoms. The number of nitrogens with two attached hydrogens (primary N) is 1. The van der Waals surface area contributed by atoms with E-state index in [1.807, 2.05) is 0 Å². The van der Waals surface area contributed by atoms with Crippen molar-refractivity contribution < 1.29 is 14.3 Å². The summed E-state index contributed by atoms with van der Waals surface area (Å²) in [7, 11) is 0. The number of hydrogen-bond donors (Lipinski definition) is 2. The molecule has 0 spiro atoms. The van der Waals surface area contributed by atoms with Gasteiger partial charge in [0.2, 0.25) is 0 Å². The topological polar surface area (TPSA) is 71.1 Å². The molecule has 1 saturated heterocycles. The summed E-state index contributed by atoms with van der Waals surface area (Å²) in [5.74, 6) is -0.484. The molecule has 110 valence electrons. The van der Waals surface area contributed by atoms with E-state index < -0.39 is 5.82 Å². The monoisotopic (exact) mass is 281 g/mol. The lowest BCUT2D eigenvalue weighted by Crippen LogP contribution is -2.52. The molecule has 0 saturated carbocycles. The fourth-order valence-corrected chi connectivity index (χ4v) is 2.37. The molecule has 6 heteroatoms. The van der Waals surface area contributed by atoms with Gasteiger partial charge in [-0.05, 0) is 31.5 Å². The van der Waals surface area contributed by atoms with Gasteiger partial charge in [-0.15, -0.1) is 0 Å². The third-order valence-corrected chi connectivity index (χ3v) is 3.63. The molecule has 1 aromatic rings. The quantitative estimate of drug-likeness (QED) is 0.381. The summed E-state index contributed by atoms with van der Waals surface area (Å²) in [4.78, 5) is 2.25. The normalized spacial score (nSPS) is 20.1. The molecule has 1 aliphatic rings. The van der Waals surface area contributed by atoms with Crippen LogP contribution < -0.4 is 5.73 Å².